The molecule has 0 fully saturated rings. The quantitative estimate of drug-likeness (QED) is 0.622. The second kappa shape index (κ2) is 6.24. The van der Waals surface area contributed by atoms with Crippen LogP contribution in [0.2, 0.25) is 0 Å². The maximum absolute atomic E-state index is 11.9. The molecule has 0 spiro atoms. The largest absolute Gasteiger partial charge is 0.491 e. The molecule has 104 valence electrons. The van der Waals surface area contributed by atoms with Gasteiger partial charge in [-0.3, -0.25) is 0 Å². The van der Waals surface area contributed by atoms with E-state index in [2.05, 4.69) is 0 Å². The Morgan fingerprint density at radius 2 is 1.45 bits per heavy atom. The molecule has 2 aromatic carbocycles. The van der Waals surface area contributed by atoms with Gasteiger partial charge in [-0.15, -0.1) is 0 Å². The average Bonchev–Trinajstić information content (AvgIpc) is 2.41. The van der Waals surface area contributed by atoms with Crippen molar-refractivity contribution in [2.75, 3.05) is 0 Å². The molecule has 0 aliphatic carbocycles. The summed E-state index contributed by atoms with van der Waals surface area (Å²) in [6, 6.07) is 14.3. The Balaban J connectivity index is 2.02. The number of carbonyl (C=O) groups excluding carboxylic acids is 1. The molecule has 2 aromatic rings. The molecular formula is C17H18O3. The minimum Gasteiger partial charge on any atom is -0.491 e. The molecule has 0 bridgehead atoms. The molecule has 0 saturated carbocycles. The van der Waals surface area contributed by atoms with E-state index in [1.54, 1.807) is 36.4 Å². The smallest absolute Gasteiger partial charge is 0.343 e. The van der Waals surface area contributed by atoms with Gasteiger partial charge in [0.05, 0.1) is 11.7 Å². The number of ether oxygens (including phenoxy) is 2. The lowest BCUT2D eigenvalue weighted by molar-refractivity contribution is 0.0734. The fourth-order valence-electron chi connectivity index (χ4n) is 1.71. The number of esters is 1. The zero-order valence-electron chi connectivity index (χ0n) is 11.9. The summed E-state index contributed by atoms with van der Waals surface area (Å²) < 4.78 is 10.8. The van der Waals surface area contributed by atoms with Crippen LogP contribution in [-0.4, -0.2) is 12.1 Å². The lowest BCUT2D eigenvalue weighted by atomic mass is 10.1. The van der Waals surface area contributed by atoms with Crippen LogP contribution in [0.5, 0.6) is 11.5 Å². The van der Waals surface area contributed by atoms with Gasteiger partial charge in [-0.25, -0.2) is 4.79 Å². The van der Waals surface area contributed by atoms with Crippen LogP contribution in [0.4, 0.5) is 0 Å². The second-order valence-electron chi connectivity index (χ2n) is 4.89. The summed E-state index contributed by atoms with van der Waals surface area (Å²) in [5.41, 5.74) is 1.65. The Morgan fingerprint density at radius 3 is 2.00 bits per heavy atom. The Hall–Kier alpha value is -2.29. The third-order valence-corrected chi connectivity index (χ3v) is 2.69. The van der Waals surface area contributed by atoms with E-state index in [-0.39, 0.29) is 12.1 Å². The van der Waals surface area contributed by atoms with E-state index in [9.17, 15) is 4.79 Å². The summed E-state index contributed by atoms with van der Waals surface area (Å²) in [6.45, 7) is 5.90. The molecule has 2 rings (SSSR count). The molecule has 0 aliphatic heterocycles. The average molecular weight is 270 g/mol. The van der Waals surface area contributed by atoms with Crippen molar-refractivity contribution in [1.29, 1.82) is 0 Å². The standard InChI is InChI=1S/C17H18O3/c1-12(2)19-15-8-10-16(11-9-15)20-17(18)14-6-4-13(3)5-7-14/h4-12H,1-3H3. The maximum Gasteiger partial charge on any atom is 0.343 e. The van der Waals surface area contributed by atoms with Crippen LogP contribution in [-0.2, 0) is 0 Å². The SMILES string of the molecule is Cc1ccc(C(=O)Oc2ccc(OC(C)C)cc2)cc1. The highest BCUT2D eigenvalue weighted by Gasteiger charge is 2.08. The molecule has 0 aliphatic rings. The Labute approximate surface area is 119 Å². The summed E-state index contributed by atoms with van der Waals surface area (Å²) >= 11 is 0. The summed E-state index contributed by atoms with van der Waals surface area (Å²) in [7, 11) is 0. The molecule has 0 aromatic heterocycles. The molecule has 3 heteroatoms. The Morgan fingerprint density at radius 1 is 0.900 bits per heavy atom. The van der Waals surface area contributed by atoms with Gasteiger partial charge in [0.1, 0.15) is 11.5 Å². The zero-order valence-corrected chi connectivity index (χ0v) is 11.9. The van der Waals surface area contributed by atoms with Crippen molar-refractivity contribution in [3.8, 4) is 11.5 Å². The molecular weight excluding hydrogens is 252 g/mol. The van der Waals surface area contributed by atoms with Crippen molar-refractivity contribution in [3.63, 3.8) is 0 Å². The van der Waals surface area contributed by atoms with Gasteiger partial charge in [-0.05, 0) is 57.2 Å². The molecule has 0 atom stereocenters. The topological polar surface area (TPSA) is 35.5 Å². The summed E-state index contributed by atoms with van der Waals surface area (Å²) in [6.07, 6.45) is 0.121. The number of carbonyl (C=O) groups is 1. The highest BCUT2D eigenvalue weighted by atomic mass is 16.5. The first-order chi connectivity index (χ1) is 9.54. The van der Waals surface area contributed by atoms with Crippen LogP contribution < -0.4 is 9.47 Å². The van der Waals surface area contributed by atoms with E-state index in [0.717, 1.165) is 11.3 Å². The first kappa shape index (κ1) is 14.1. The van der Waals surface area contributed by atoms with Crippen molar-refractivity contribution in [3.05, 3.63) is 59.7 Å². The predicted molar refractivity (Wildman–Crippen MR) is 78.3 cm³/mol. The van der Waals surface area contributed by atoms with Crippen LogP contribution in [0.25, 0.3) is 0 Å². The monoisotopic (exact) mass is 270 g/mol. The third-order valence-electron chi connectivity index (χ3n) is 2.69. The molecule has 0 amide bonds. The summed E-state index contributed by atoms with van der Waals surface area (Å²) in [5.74, 6) is 0.907. The van der Waals surface area contributed by atoms with Gasteiger partial charge in [-0.2, -0.15) is 0 Å². The molecule has 3 nitrogen and oxygen atoms in total. The van der Waals surface area contributed by atoms with Gasteiger partial charge in [0, 0.05) is 0 Å². The van der Waals surface area contributed by atoms with E-state index in [1.807, 2.05) is 32.9 Å². The molecule has 20 heavy (non-hydrogen) atoms. The zero-order chi connectivity index (χ0) is 14.5. The van der Waals surface area contributed by atoms with Gasteiger partial charge < -0.3 is 9.47 Å². The second-order valence-corrected chi connectivity index (χ2v) is 4.89. The lowest BCUT2D eigenvalue weighted by Crippen LogP contribution is -2.08. The molecule has 0 saturated heterocycles. The van der Waals surface area contributed by atoms with Gasteiger partial charge in [0.2, 0.25) is 0 Å². The van der Waals surface area contributed by atoms with Crippen molar-refractivity contribution in [2.24, 2.45) is 0 Å². The van der Waals surface area contributed by atoms with Crippen molar-refractivity contribution < 1.29 is 14.3 Å². The van der Waals surface area contributed by atoms with E-state index in [1.165, 1.54) is 0 Å². The number of benzene rings is 2. The number of hydrogen-bond acceptors (Lipinski definition) is 3. The third kappa shape index (κ3) is 3.85. The van der Waals surface area contributed by atoms with E-state index >= 15 is 0 Å². The molecule has 0 unspecified atom stereocenters. The first-order valence-corrected chi connectivity index (χ1v) is 6.60. The highest BCUT2D eigenvalue weighted by molar-refractivity contribution is 5.91. The van der Waals surface area contributed by atoms with E-state index < -0.39 is 0 Å². The summed E-state index contributed by atoms with van der Waals surface area (Å²) in [4.78, 5) is 11.9. The van der Waals surface area contributed by atoms with Gasteiger partial charge in [-0.1, -0.05) is 17.7 Å². The first-order valence-electron chi connectivity index (χ1n) is 6.60. The highest BCUT2D eigenvalue weighted by Crippen LogP contribution is 2.19. The van der Waals surface area contributed by atoms with Gasteiger partial charge >= 0.3 is 5.97 Å². The van der Waals surface area contributed by atoms with Crippen molar-refractivity contribution in [2.45, 2.75) is 26.9 Å². The Kier molecular flexibility index (Phi) is 4.41. The van der Waals surface area contributed by atoms with Crippen LogP contribution in [0.3, 0.4) is 0 Å². The van der Waals surface area contributed by atoms with E-state index in [0.29, 0.717) is 11.3 Å². The van der Waals surface area contributed by atoms with Crippen LogP contribution in [0, 0.1) is 6.92 Å². The minimum absolute atomic E-state index is 0.121. The number of hydrogen-bond donors (Lipinski definition) is 0. The molecule has 0 N–H and O–H groups in total. The van der Waals surface area contributed by atoms with Crippen molar-refractivity contribution >= 4 is 5.97 Å². The number of rotatable bonds is 4. The van der Waals surface area contributed by atoms with E-state index in [4.69, 9.17) is 9.47 Å². The fourth-order valence-corrected chi connectivity index (χ4v) is 1.71. The van der Waals surface area contributed by atoms with Gasteiger partial charge in [0.15, 0.2) is 0 Å². The predicted octanol–water partition coefficient (Wildman–Crippen LogP) is 4.00. The Bertz CT molecular complexity index is 568. The number of aryl methyl sites for hydroxylation is 1. The molecule has 0 radical (unpaired) electrons. The normalized spacial score (nSPS) is 10.4. The lowest BCUT2D eigenvalue weighted by Gasteiger charge is -2.10. The van der Waals surface area contributed by atoms with Crippen LogP contribution >= 0.6 is 0 Å². The van der Waals surface area contributed by atoms with Crippen LogP contribution in [0.15, 0.2) is 48.5 Å². The van der Waals surface area contributed by atoms with Gasteiger partial charge in [0.25, 0.3) is 0 Å². The molecule has 0 heterocycles. The minimum atomic E-state index is -0.359. The maximum atomic E-state index is 11.9. The summed E-state index contributed by atoms with van der Waals surface area (Å²) in [5, 5.41) is 0. The fraction of sp³-hybridized carbons (Fsp3) is 0.235. The van der Waals surface area contributed by atoms with Crippen LogP contribution in [0.1, 0.15) is 29.8 Å². The van der Waals surface area contributed by atoms with Crippen molar-refractivity contribution in [1.82, 2.24) is 0 Å².